The fraction of sp³-hybridized carbons (Fsp3) is 0.235. The zero-order chi connectivity index (χ0) is 20.1. The Balaban J connectivity index is 1.61. The molecule has 3 heterocycles. The van der Waals surface area contributed by atoms with Crippen molar-refractivity contribution in [3.8, 4) is 0 Å². The van der Waals surface area contributed by atoms with E-state index in [0.717, 1.165) is 15.6 Å². The van der Waals surface area contributed by atoms with Crippen LogP contribution in [0.3, 0.4) is 0 Å². The molecule has 28 heavy (non-hydrogen) atoms. The summed E-state index contributed by atoms with van der Waals surface area (Å²) in [5, 5.41) is 4.79. The van der Waals surface area contributed by atoms with Crippen molar-refractivity contribution in [1.29, 1.82) is 0 Å². The predicted molar refractivity (Wildman–Crippen MR) is 103 cm³/mol. The van der Waals surface area contributed by atoms with Crippen LogP contribution >= 0.6 is 22.9 Å². The van der Waals surface area contributed by atoms with Crippen LogP contribution in [0, 0.1) is 0 Å². The van der Waals surface area contributed by atoms with Crippen molar-refractivity contribution < 1.29 is 22.8 Å². The van der Waals surface area contributed by atoms with E-state index < -0.39 is 33.8 Å². The van der Waals surface area contributed by atoms with Crippen molar-refractivity contribution >= 4 is 56.4 Å². The van der Waals surface area contributed by atoms with Crippen LogP contribution in [-0.4, -0.2) is 43.0 Å². The number of carbonyl (C=O) groups is 3. The van der Waals surface area contributed by atoms with Crippen LogP contribution in [0.4, 0.5) is 5.69 Å². The van der Waals surface area contributed by atoms with Gasteiger partial charge in [0.1, 0.15) is 10.3 Å². The van der Waals surface area contributed by atoms with Crippen molar-refractivity contribution in [2.75, 3.05) is 11.9 Å². The van der Waals surface area contributed by atoms with Crippen LogP contribution in [0.25, 0.3) is 0 Å². The number of nitrogens with one attached hydrogen (secondary N) is 2. The van der Waals surface area contributed by atoms with Crippen LogP contribution in [0.5, 0.6) is 0 Å². The molecular weight excluding hydrogens is 426 g/mol. The Morgan fingerprint density at radius 2 is 2.00 bits per heavy atom. The number of thiophene rings is 1. The average Bonchev–Trinajstić information content (AvgIpc) is 3.35. The fourth-order valence-corrected chi connectivity index (χ4v) is 6.65. The maximum Gasteiger partial charge on any atom is 0.261 e. The van der Waals surface area contributed by atoms with Crippen LogP contribution in [0.1, 0.15) is 33.6 Å². The number of hydrogen-bond acceptors (Lipinski definition) is 6. The van der Waals surface area contributed by atoms with Crippen LogP contribution in [0.2, 0.25) is 4.34 Å². The number of halogens is 1. The molecule has 11 heteroatoms. The van der Waals surface area contributed by atoms with E-state index in [1.54, 1.807) is 6.07 Å². The molecule has 146 valence electrons. The zero-order valence-electron chi connectivity index (χ0n) is 14.3. The molecule has 2 aliphatic heterocycles. The largest absolute Gasteiger partial charge is 0.324 e. The smallest absolute Gasteiger partial charge is 0.261 e. The second-order valence-electron chi connectivity index (χ2n) is 6.33. The summed E-state index contributed by atoms with van der Waals surface area (Å²) in [6, 6.07) is 6.52. The zero-order valence-corrected chi connectivity index (χ0v) is 16.7. The molecular formula is C17H14ClN3O5S2. The maximum absolute atomic E-state index is 12.9. The van der Waals surface area contributed by atoms with Gasteiger partial charge in [-0.2, -0.15) is 4.31 Å². The highest BCUT2D eigenvalue weighted by molar-refractivity contribution is 7.91. The van der Waals surface area contributed by atoms with E-state index in [4.69, 9.17) is 11.6 Å². The van der Waals surface area contributed by atoms with Crippen molar-refractivity contribution in [1.82, 2.24) is 9.62 Å². The monoisotopic (exact) mass is 439 g/mol. The predicted octanol–water partition coefficient (Wildman–Crippen LogP) is 2.08. The summed E-state index contributed by atoms with van der Waals surface area (Å²) in [7, 11) is -3.86. The molecule has 8 nitrogen and oxygen atoms in total. The number of amides is 3. The number of imide groups is 1. The second-order valence-corrected chi connectivity index (χ2v) is 10.2. The second kappa shape index (κ2) is 6.96. The highest BCUT2D eigenvalue weighted by Crippen LogP contribution is 2.33. The van der Waals surface area contributed by atoms with Crippen LogP contribution in [0.15, 0.2) is 34.5 Å². The van der Waals surface area contributed by atoms with E-state index in [9.17, 15) is 22.8 Å². The number of nitrogens with zero attached hydrogens (tertiary/aromatic N) is 1. The number of fused-ring (bicyclic) bond motifs is 1. The molecule has 1 atom stereocenters. The Kier molecular flexibility index (Phi) is 4.74. The Morgan fingerprint density at radius 3 is 2.71 bits per heavy atom. The van der Waals surface area contributed by atoms with Crippen molar-refractivity contribution in [2.45, 2.75) is 23.1 Å². The molecule has 0 saturated carbocycles. The lowest BCUT2D eigenvalue weighted by atomic mass is 10.1. The Labute approximate surface area is 169 Å². The molecule has 4 rings (SSSR count). The number of anilines is 1. The van der Waals surface area contributed by atoms with Crippen molar-refractivity contribution in [3.05, 3.63) is 45.8 Å². The third kappa shape index (κ3) is 3.12. The minimum absolute atomic E-state index is 0.0720. The van der Waals surface area contributed by atoms with Crippen LogP contribution in [-0.2, 0) is 14.8 Å². The molecule has 2 aliphatic rings. The summed E-state index contributed by atoms with van der Waals surface area (Å²) in [5.74, 6) is -1.68. The van der Waals surface area contributed by atoms with Gasteiger partial charge in [0, 0.05) is 6.54 Å². The summed E-state index contributed by atoms with van der Waals surface area (Å²) < 4.78 is 27.3. The normalized spacial score (nSPS) is 19.5. The molecule has 1 unspecified atom stereocenters. The summed E-state index contributed by atoms with van der Waals surface area (Å²) in [4.78, 5) is 36.6. The molecule has 1 aromatic carbocycles. The first-order valence-electron chi connectivity index (χ1n) is 8.36. The molecule has 0 aliphatic carbocycles. The standard InChI is InChI=1S/C17H14ClN3O5S2/c18-12-6-7-13(27-12)28(25,26)21-8-2-5-11(21)16(23)19-10-4-1-3-9-14(10)17(24)20-15(9)22/h1,3-4,6-7,11H,2,5,8H2,(H,19,23)(H,20,22,24). The summed E-state index contributed by atoms with van der Waals surface area (Å²) >= 11 is 6.78. The summed E-state index contributed by atoms with van der Waals surface area (Å²) in [6.45, 7) is 0.210. The van der Waals surface area contributed by atoms with E-state index in [2.05, 4.69) is 10.6 Å². The van der Waals surface area contributed by atoms with Gasteiger partial charge in [-0.1, -0.05) is 17.7 Å². The third-order valence-electron chi connectivity index (χ3n) is 4.64. The third-order valence-corrected chi connectivity index (χ3v) is 8.25. The van der Waals surface area contributed by atoms with Gasteiger partial charge in [-0.3, -0.25) is 19.7 Å². The number of hydrogen-bond donors (Lipinski definition) is 2. The van der Waals surface area contributed by atoms with Gasteiger partial charge < -0.3 is 5.32 Å². The molecule has 1 saturated heterocycles. The van der Waals surface area contributed by atoms with Gasteiger partial charge in [0.2, 0.25) is 5.91 Å². The molecule has 2 N–H and O–H groups in total. The quantitative estimate of drug-likeness (QED) is 0.708. The fourth-order valence-electron chi connectivity index (χ4n) is 3.38. The lowest BCUT2D eigenvalue weighted by Gasteiger charge is -2.23. The lowest BCUT2D eigenvalue weighted by Crippen LogP contribution is -2.43. The average molecular weight is 440 g/mol. The number of rotatable bonds is 4. The maximum atomic E-state index is 12.9. The molecule has 0 bridgehead atoms. The number of benzene rings is 1. The van der Waals surface area contributed by atoms with E-state index in [-0.39, 0.29) is 27.6 Å². The molecule has 0 spiro atoms. The highest BCUT2D eigenvalue weighted by Gasteiger charge is 2.40. The lowest BCUT2D eigenvalue weighted by molar-refractivity contribution is -0.119. The van der Waals surface area contributed by atoms with Gasteiger partial charge >= 0.3 is 0 Å². The van der Waals surface area contributed by atoms with Gasteiger partial charge in [0.05, 0.1) is 21.2 Å². The van der Waals surface area contributed by atoms with E-state index in [1.165, 1.54) is 24.3 Å². The summed E-state index contributed by atoms with van der Waals surface area (Å²) in [5.41, 5.74) is 0.430. The molecule has 1 fully saturated rings. The molecule has 2 aromatic rings. The first-order valence-corrected chi connectivity index (χ1v) is 11.0. The molecule has 1 aromatic heterocycles. The van der Waals surface area contributed by atoms with Gasteiger partial charge in [-0.15, -0.1) is 11.3 Å². The molecule has 3 amide bonds. The topological polar surface area (TPSA) is 113 Å². The first-order chi connectivity index (χ1) is 13.3. The van der Waals surface area contributed by atoms with E-state index >= 15 is 0 Å². The van der Waals surface area contributed by atoms with E-state index in [0.29, 0.717) is 17.2 Å². The van der Waals surface area contributed by atoms with Gasteiger partial charge in [-0.05, 0) is 37.1 Å². The Hall–Kier alpha value is -2.27. The highest BCUT2D eigenvalue weighted by atomic mass is 35.5. The van der Waals surface area contributed by atoms with Crippen molar-refractivity contribution in [3.63, 3.8) is 0 Å². The minimum Gasteiger partial charge on any atom is -0.324 e. The molecule has 0 radical (unpaired) electrons. The Morgan fingerprint density at radius 1 is 1.21 bits per heavy atom. The van der Waals surface area contributed by atoms with Gasteiger partial charge in [0.15, 0.2) is 0 Å². The van der Waals surface area contributed by atoms with Gasteiger partial charge in [0.25, 0.3) is 21.8 Å². The summed E-state index contributed by atoms with van der Waals surface area (Å²) in [6.07, 6.45) is 0.882. The Bertz CT molecular complexity index is 1110. The SMILES string of the molecule is O=C1NC(=O)c2c(NC(=O)C3CCCN3S(=O)(=O)c3ccc(Cl)s3)cccc21. The number of carbonyl (C=O) groups excluding carboxylic acids is 3. The number of sulfonamides is 1. The first kappa shape index (κ1) is 19.1. The van der Waals surface area contributed by atoms with Crippen LogP contribution < -0.4 is 10.6 Å². The van der Waals surface area contributed by atoms with E-state index in [1.807, 2.05) is 0 Å². The van der Waals surface area contributed by atoms with Crippen molar-refractivity contribution in [2.24, 2.45) is 0 Å². The van der Waals surface area contributed by atoms with Gasteiger partial charge in [-0.25, -0.2) is 8.42 Å². The minimum atomic E-state index is -3.86.